The standard InChI is InChI=1S/C15H19N3O3/c1-9-2-3-10(8-13(9)16)14-17-15(21-18-14)11-6-12(7-11)20-5-4-19/h2-3,8,11-12,19H,4-7,16H2,1H3. The van der Waals surface area contributed by atoms with Crippen LogP contribution in [0.25, 0.3) is 11.4 Å². The van der Waals surface area contributed by atoms with Crippen LogP contribution in [0.2, 0.25) is 0 Å². The molecule has 1 aliphatic carbocycles. The number of ether oxygens (including phenoxy) is 1. The third-order valence-corrected chi connectivity index (χ3v) is 3.87. The number of nitrogen functional groups attached to an aromatic ring is 1. The minimum Gasteiger partial charge on any atom is -0.398 e. The zero-order valence-corrected chi connectivity index (χ0v) is 12.0. The van der Waals surface area contributed by atoms with Crippen LogP contribution in [0.4, 0.5) is 5.69 Å². The molecule has 3 rings (SSSR count). The minimum absolute atomic E-state index is 0.0563. The van der Waals surface area contributed by atoms with Crippen molar-refractivity contribution in [2.75, 3.05) is 18.9 Å². The first-order valence-electron chi connectivity index (χ1n) is 7.10. The Hall–Kier alpha value is -1.92. The van der Waals surface area contributed by atoms with Gasteiger partial charge < -0.3 is 20.1 Å². The van der Waals surface area contributed by atoms with Gasteiger partial charge in [-0.1, -0.05) is 17.3 Å². The zero-order valence-electron chi connectivity index (χ0n) is 12.0. The van der Waals surface area contributed by atoms with E-state index in [2.05, 4.69) is 10.1 Å². The molecule has 1 aromatic heterocycles. The Morgan fingerprint density at radius 2 is 2.24 bits per heavy atom. The lowest BCUT2D eigenvalue weighted by Gasteiger charge is -2.32. The number of nitrogens with two attached hydrogens (primary N) is 1. The molecule has 1 heterocycles. The van der Waals surface area contributed by atoms with Crippen molar-refractivity contribution < 1.29 is 14.4 Å². The predicted molar refractivity (Wildman–Crippen MR) is 77.7 cm³/mol. The van der Waals surface area contributed by atoms with Crippen molar-refractivity contribution in [1.29, 1.82) is 0 Å². The van der Waals surface area contributed by atoms with Gasteiger partial charge in [0.15, 0.2) is 0 Å². The molecular weight excluding hydrogens is 270 g/mol. The number of aliphatic hydroxyl groups excluding tert-OH is 1. The van der Waals surface area contributed by atoms with E-state index >= 15 is 0 Å². The second kappa shape index (κ2) is 5.83. The first-order valence-corrected chi connectivity index (χ1v) is 7.10. The highest BCUT2D eigenvalue weighted by Crippen LogP contribution is 2.38. The molecule has 2 aromatic rings. The van der Waals surface area contributed by atoms with Gasteiger partial charge in [-0.25, -0.2) is 0 Å². The number of benzene rings is 1. The summed E-state index contributed by atoms with van der Waals surface area (Å²) in [5, 5.41) is 12.7. The molecule has 112 valence electrons. The van der Waals surface area contributed by atoms with E-state index in [9.17, 15) is 0 Å². The maximum absolute atomic E-state index is 8.71. The van der Waals surface area contributed by atoms with E-state index in [1.165, 1.54) is 0 Å². The lowest BCUT2D eigenvalue weighted by Crippen LogP contribution is -2.30. The summed E-state index contributed by atoms with van der Waals surface area (Å²) in [4.78, 5) is 4.45. The molecule has 0 amide bonds. The van der Waals surface area contributed by atoms with E-state index in [4.69, 9.17) is 20.1 Å². The molecule has 0 aliphatic heterocycles. The highest BCUT2D eigenvalue weighted by Gasteiger charge is 2.35. The van der Waals surface area contributed by atoms with E-state index < -0.39 is 0 Å². The number of anilines is 1. The molecule has 0 bridgehead atoms. The molecule has 0 saturated heterocycles. The SMILES string of the molecule is Cc1ccc(-c2noc(C3CC(OCCO)C3)n2)cc1N. The van der Waals surface area contributed by atoms with Gasteiger partial charge >= 0.3 is 0 Å². The molecule has 6 nitrogen and oxygen atoms in total. The van der Waals surface area contributed by atoms with Crippen molar-refractivity contribution >= 4 is 5.69 Å². The van der Waals surface area contributed by atoms with Gasteiger partial charge in [0, 0.05) is 17.2 Å². The number of aromatic nitrogens is 2. The van der Waals surface area contributed by atoms with Crippen molar-refractivity contribution in [2.24, 2.45) is 0 Å². The fraction of sp³-hybridized carbons (Fsp3) is 0.467. The Morgan fingerprint density at radius 1 is 1.43 bits per heavy atom. The summed E-state index contributed by atoms with van der Waals surface area (Å²) in [6.07, 6.45) is 1.91. The van der Waals surface area contributed by atoms with Gasteiger partial charge in [-0.2, -0.15) is 4.98 Å². The second-order valence-electron chi connectivity index (χ2n) is 5.41. The summed E-state index contributed by atoms with van der Waals surface area (Å²) in [5.74, 6) is 1.46. The Morgan fingerprint density at radius 3 is 2.95 bits per heavy atom. The second-order valence-corrected chi connectivity index (χ2v) is 5.41. The smallest absolute Gasteiger partial charge is 0.230 e. The van der Waals surface area contributed by atoms with Crippen molar-refractivity contribution in [3.8, 4) is 11.4 Å². The Balaban J connectivity index is 1.66. The first-order chi connectivity index (χ1) is 10.2. The van der Waals surface area contributed by atoms with E-state index in [-0.39, 0.29) is 18.6 Å². The number of hydrogen-bond donors (Lipinski definition) is 2. The quantitative estimate of drug-likeness (QED) is 0.816. The minimum atomic E-state index is 0.0563. The van der Waals surface area contributed by atoms with Crippen molar-refractivity contribution in [2.45, 2.75) is 31.8 Å². The van der Waals surface area contributed by atoms with Crippen LogP contribution in [-0.4, -0.2) is 34.6 Å². The molecular formula is C15H19N3O3. The van der Waals surface area contributed by atoms with Gasteiger partial charge in [0.1, 0.15) is 0 Å². The summed E-state index contributed by atoms with van der Waals surface area (Å²) < 4.78 is 10.8. The van der Waals surface area contributed by atoms with Gasteiger partial charge in [-0.05, 0) is 31.4 Å². The normalized spacial score (nSPS) is 21.2. The summed E-state index contributed by atoms with van der Waals surface area (Å²) in [6, 6.07) is 5.75. The highest BCUT2D eigenvalue weighted by molar-refractivity contribution is 5.63. The average Bonchev–Trinajstić information content (AvgIpc) is 2.90. The fourth-order valence-electron chi connectivity index (χ4n) is 2.42. The van der Waals surface area contributed by atoms with Crippen LogP contribution in [0.5, 0.6) is 0 Å². The number of aliphatic hydroxyl groups is 1. The van der Waals surface area contributed by atoms with E-state index in [1.807, 2.05) is 25.1 Å². The summed E-state index contributed by atoms with van der Waals surface area (Å²) >= 11 is 0. The molecule has 0 spiro atoms. The van der Waals surface area contributed by atoms with Gasteiger partial charge in [0.05, 0.1) is 19.3 Å². The third kappa shape index (κ3) is 2.91. The fourth-order valence-corrected chi connectivity index (χ4v) is 2.42. The molecule has 1 aromatic carbocycles. The molecule has 0 atom stereocenters. The van der Waals surface area contributed by atoms with Gasteiger partial charge in [0.25, 0.3) is 0 Å². The van der Waals surface area contributed by atoms with Crippen LogP contribution in [-0.2, 0) is 4.74 Å². The van der Waals surface area contributed by atoms with Crippen LogP contribution >= 0.6 is 0 Å². The van der Waals surface area contributed by atoms with E-state index in [0.29, 0.717) is 18.3 Å². The van der Waals surface area contributed by atoms with E-state index in [1.54, 1.807) is 0 Å². The molecule has 21 heavy (non-hydrogen) atoms. The van der Waals surface area contributed by atoms with Gasteiger partial charge in [0.2, 0.25) is 11.7 Å². The van der Waals surface area contributed by atoms with Crippen LogP contribution in [0, 0.1) is 6.92 Å². The molecule has 0 unspecified atom stereocenters. The zero-order chi connectivity index (χ0) is 14.8. The van der Waals surface area contributed by atoms with Crippen LogP contribution in [0.1, 0.15) is 30.2 Å². The predicted octanol–water partition coefficient (Wildman–Crippen LogP) is 1.88. The van der Waals surface area contributed by atoms with Crippen LogP contribution < -0.4 is 5.73 Å². The van der Waals surface area contributed by atoms with Gasteiger partial charge in [-0.3, -0.25) is 0 Å². The number of nitrogens with zero attached hydrogens (tertiary/aromatic N) is 2. The maximum Gasteiger partial charge on any atom is 0.230 e. The van der Waals surface area contributed by atoms with Crippen molar-refractivity contribution in [3.05, 3.63) is 29.7 Å². The maximum atomic E-state index is 8.71. The highest BCUT2D eigenvalue weighted by atomic mass is 16.5. The molecule has 0 radical (unpaired) electrons. The van der Waals surface area contributed by atoms with Crippen LogP contribution in [0.3, 0.4) is 0 Å². The Kier molecular flexibility index (Phi) is 3.90. The van der Waals surface area contributed by atoms with Crippen molar-refractivity contribution in [3.63, 3.8) is 0 Å². The first kappa shape index (κ1) is 14.0. The summed E-state index contributed by atoms with van der Waals surface area (Å²) in [6.45, 7) is 2.40. The average molecular weight is 289 g/mol. The number of aryl methyl sites for hydroxylation is 1. The number of hydrogen-bond acceptors (Lipinski definition) is 6. The number of rotatable bonds is 5. The molecule has 3 N–H and O–H groups in total. The Bertz CT molecular complexity index is 620. The Labute approximate surface area is 122 Å². The topological polar surface area (TPSA) is 94.4 Å². The van der Waals surface area contributed by atoms with E-state index in [0.717, 1.165) is 29.7 Å². The largest absolute Gasteiger partial charge is 0.398 e. The lowest BCUT2D eigenvalue weighted by molar-refractivity contribution is -0.0297. The molecule has 6 heteroatoms. The monoisotopic (exact) mass is 289 g/mol. The van der Waals surface area contributed by atoms with Gasteiger partial charge in [-0.15, -0.1) is 0 Å². The van der Waals surface area contributed by atoms with Crippen molar-refractivity contribution in [1.82, 2.24) is 10.1 Å². The summed E-state index contributed by atoms with van der Waals surface area (Å²) in [7, 11) is 0. The lowest BCUT2D eigenvalue weighted by atomic mass is 9.82. The van der Waals surface area contributed by atoms with Crippen LogP contribution in [0.15, 0.2) is 22.7 Å². The summed E-state index contributed by atoms with van der Waals surface area (Å²) in [5.41, 5.74) is 8.52. The molecule has 1 fully saturated rings. The third-order valence-electron chi connectivity index (χ3n) is 3.87. The molecule has 1 aliphatic rings. The molecule has 1 saturated carbocycles.